The fourth-order valence-corrected chi connectivity index (χ4v) is 5.33. The largest absolute Gasteiger partial charge is 0.491 e. The molecule has 35 heavy (non-hydrogen) atoms. The summed E-state index contributed by atoms with van der Waals surface area (Å²) in [7, 11) is 0. The maximum Gasteiger partial charge on any atom is 0.120 e. The van der Waals surface area contributed by atoms with E-state index in [9.17, 15) is 5.11 Å². The third-order valence-electron chi connectivity index (χ3n) is 7.20. The number of benzene rings is 3. The molecule has 1 unspecified atom stereocenters. The Morgan fingerprint density at radius 3 is 2.60 bits per heavy atom. The highest BCUT2D eigenvalue weighted by Crippen LogP contribution is 2.28. The molecular formula is C29H32N4O2. The molecule has 0 amide bonds. The van der Waals surface area contributed by atoms with Crippen LogP contribution in [0.15, 0.2) is 73.1 Å². The number of aliphatic hydroxyl groups excluding tert-OH is 1. The van der Waals surface area contributed by atoms with Gasteiger partial charge in [-0.2, -0.15) is 0 Å². The van der Waals surface area contributed by atoms with E-state index in [0.717, 1.165) is 60.5 Å². The van der Waals surface area contributed by atoms with Crippen molar-refractivity contribution < 1.29 is 9.84 Å². The quantitative estimate of drug-likeness (QED) is 0.440. The molecule has 2 aliphatic rings. The van der Waals surface area contributed by atoms with Gasteiger partial charge >= 0.3 is 0 Å². The molecule has 3 aromatic carbocycles. The SMILES string of the molecule is OC(COc1cccc(-c2ccc3ncn(N4CCCC4)c3c2)c1)CN1CCc2ccccc2C1. The second-order valence-electron chi connectivity index (χ2n) is 9.70. The summed E-state index contributed by atoms with van der Waals surface area (Å²) in [6.07, 6.45) is 4.90. The first kappa shape index (κ1) is 22.1. The van der Waals surface area contributed by atoms with Crippen molar-refractivity contribution in [3.05, 3.63) is 84.2 Å². The Hall–Kier alpha value is -3.35. The van der Waals surface area contributed by atoms with Crippen molar-refractivity contribution >= 4 is 11.0 Å². The van der Waals surface area contributed by atoms with Gasteiger partial charge in [-0.3, -0.25) is 4.90 Å². The summed E-state index contributed by atoms with van der Waals surface area (Å²) in [6, 6.07) is 23.1. The highest BCUT2D eigenvalue weighted by molar-refractivity contribution is 5.82. The molecule has 0 aliphatic carbocycles. The van der Waals surface area contributed by atoms with Gasteiger partial charge in [-0.1, -0.05) is 42.5 Å². The highest BCUT2D eigenvalue weighted by Gasteiger charge is 2.19. The van der Waals surface area contributed by atoms with E-state index in [2.05, 4.69) is 74.2 Å². The molecule has 6 rings (SSSR count). The Morgan fingerprint density at radius 2 is 1.71 bits per heavy atom. The first-order valence-corrected chi connectivity index (χ1v) is 12.7. The molecule has 1 N–H and O–H groups in total. The number of hydrogen-bond acceptors (Lipinski definition) is 5. The van der Waals surface area contributed by atoms with Crippen LogP contribution in [0.5, 0.6) is 5.75 Å². The molecule has 1 saturated heterocycles. The van der Waals surface area contributed by atoms with E-state index in [1.54, 1.807) is 0 Å². The number of aliphatic hydroxyl groups is 1. The average molecular weight is 469 g/mol. The lowest BCUT2D eigenvalue weighted by Crippen LogP contribution is -2.38. The van der Waals surface area contributed by atoms with Crippen molar-refractivity contribution in [3.8, 4) is 16.9 Å². The number of fused-ring (bicyclic) bond motifs is 2. The molecule has 3 heterocycles. The third kappa shape index (κ3) is 4.77. The zero-order valence-electron chi connectivity index (χ0n) is 20.0. The molecule has 0 bridgehead atoms. The molecule has 6 heteroatoms. The minimum Gasteiger partial charge on any atom is -0.491 e. The van der Waals surface area contributed by atoms with Crippen LogP contribution in [-0.2, 0) is 13.0 Å². The van der Waals surface area contributed by atoms with Crippen LogP contribution in [0.1, 0.15) is 24.0 Å². The van der Waals surface area contributed by atoms with Crippen LogP contribution in [0.25, 0.3) is 22.2 Å². The van der Waals surface area contributed by atoms with Crippen molar-refractivity contribution in [1.29, 1.82) is 0 Å². The number of aromatic nitrogens is 2. The van der Waals surface area contributed by atoms with Gasteiger partial charge in [-0.15, -0.1) is 0 Å². The van der Waals surface area contributed by atoms with Crippen LogP contribution in [0.4, 0.5) is 0 Å². The van der Waals surface area contributed by atoms with Crippen molar-refractivity contribution in [1.82, 2.24) is 14.6 Å². The molecule has 4 aromatic rings. The number of β-amino-alcohol motifs (C(OH)–C–C–N with tert-alkyl or cyclic N) is 1. The van der Waals surface area contributed by atoms with Gasteiger partial charge < -0.3 is 14.9 Å². The summed E-state index contributed by atoms with van der Waals surface area (Å²) >= 11 is 0. The van der Waals surface area contributed by atoms with Crippen molar-refractivity contribution in [2.24, 2.45) is 0 Å². The Morgan fingerprint density at radius 1 is 0.886 bits per heavy atom. The fourth-order valence-electron chi connectivity index (χ4n) is 5.33. The number of nitrogens with zero attached hydrogens (tertiary/aromatic N) is 4. The Balaban J connectivity index is 1.11. The predicted octanol–water partition coefficient (Wildman–Crippen LogP) is 4.23. The first-order chi connectivity index (χ1) is 17.2. The van der Waals surface area contributed by atoms with E-state index in [1.165, 1.54) is 24.0 Å². The van der Waals surface area contributed by atoms with Gasteiger partial charge in [0, 0.05) is 32.7 Å². The van der Waals surface area contributed by atoms with E-state index in [1.807, 2.05) is 18.5 Å². The smallest absolute Gasteiger partial charge is 0.120 e. The van der Waals surface area contributed by atoms with Crippen LogP contribution < -0.4 is 9.75 Å². The maximum atomic E-state index is 10.6. The van der Waals surface area contributed by atoms with Crippen LogP contribution in [0.3, 0.4) is 0 Å². The molecule has 180 valence electrons. The van der Waals surface area contributed by atoms with Crippen LogP contribution in [-0.4, -0.2) is 58.6 Å². The summed E-state index contributed by atoms with van der Waals surface area (Å²) < 4.78 is 8.21. The van der Waals surface area contributed by atoms with Gasteiger partial charge in [-0.05, 0) is 65.8 Å². The first-order valence-electron chi connectivity index (χ1n) is 12.7. The average Bonchev–Trinajstić information content (AvgIpc) is 3.57. The summed E-state index contributed by atoms with van der Waals surface area (Å²) in [6.45, 7) is 4.91. The Kier molecular flexibility index (Phi) is 6.15. The van der Waals surface area contributed by atoms with Gasteiger partial charge in [0.2, 0.25) is 0 Å². The van der Waals surface area contributed by atoms with Crippen molar-refractivity contribution in [2.75, 3.05) is 37.8 Å². The second-order valence-corrected chi connectivity index (χ2v) is 9.70. The Bertz CT molecular complexity index is 1310. The van der Waals surface area contributed by atoms with Crippen molar-refractivity contribution in [2.45, 2.75) is 31.9 Å². The second kappa shape index (κ2) is 9.72. The number of ether oxygens (including phenoxy) is 1. The van der Waals surface area contributed by atoms with Gasteiger partial charge in [0.05, 0.1) is 11.0 Å². The minimum absolute atomic E-state index is 0.280. The van der Waals surface area contributed by atoms with E-state index < -0.39 is 6.10 Å². The van der Waals surface area contributed by atoms with Crippen LogP contribution in [0.2, 0.25) is 0 Å². The standard InChI is InChI=1S/C29H32N4O2/c34-26(19-31-15-12-22-6-1-2-7-25(22)18-31)20-35-27-9-5-8-23(16-27)24-10-11-28-29(17-24)33(21-30-28)32-13-3-4-14-32/h1-2,5-11,16-17,21,26,34H,3-4,12-15,18-20H2. The normalized spacial score (nSPS) is 17.0. The molecule has 0 spiro atoms. The van der Waals surface area contributed by atoms with E-state index in [-0.39, 0.29) is 6.61 Å². The summed E-state index contributed by atoms with van der Waals surface area (Å²) in [5.74, 6) is 0.777. The monoisotopic (exact) mass is 468 g/mol. The zero-order valence-corrected chi connectivity index (χ0v) is 20.0. The van der Waals surface area contributed by atoms with E-state index in [0.29, 0.717) is 6.54 Å². The lowest BCUT2D eigenvalue weighted by molar-refractivity contribution is 0.0638. The van der Waals surface area contributed by atoms with Gasteiger partial charge in [0.15, 0.2) is 0 Å². The van der Waals surface area contributed by atoms with E-state index >= 15 is 0 Å². The molecule has 0 radical (unpaired) electrons. The highest BCUT2D eigenvalue weighted by atomic mass is 16.5. The fraction of sp³-hybridized carbons (Fsp3) is 0.345. The van der Waals surface area contributed by atoms with E-state index in [4.69, 9.17) is 4.74 Å². The molecule has 1 aromatic heterocycles. The van der Waals surface area contributed by atoms with Gasteiger partial charge in [0.25, 0.3) is 0 Å². The molecule has 6 nitrogen and oxygen atoms in total. The molecule has 1 fully saturated rings. The van der Waals surface area contributed by atoms with Crippen molar-refractivity contribution in [3.63, 3.8) is 0 Å². The molecule has 2 aliphatic heterocycles. The Labute approximate surface area is 206 Å². The summed E-state index contributed by atoms with van der Waals surface area (Å²) in [5.41, 5.74) is 7.17. The number of rotatable bonds is 7. The topological polar surface area (TPSA) is 53.8 Å². The number of hydrogen-bond donors (Lipinski definition) is 1. The maximum absolute atomic E-state index is 10.6. The van der Waals surface area contributed by atoms with Crippen LogP contribution >= 0.6 is 0 Å². The lowest BCUT2D eigenvalue weighted by atomic mass is 10.00. The summed E-state index contributed by atoms with van der Waals surface area (Å²) in [4.78, 5) is 6.90. The van der Waals surface area contributed by atoms with Gasteiger partial charge in [0.1, 0.15) is 24.8 Å². The van der Waals surface area contributed by atoms with Crippen LogP contribution in [0, 0.1) is 0 Å². The minimum atomic E-state index is -0.532. The molecule has 1 atom stereocenters. The molecular weight excluding hydrogens is 436 g/mol. The zero-order chi connectivity index (χ0) is 23.6. The van der Waals surface area contributed by atoms with Gasteiger partial charge in [-0.25, -0.2) is 9.66 Å². The number of imidazole rings is 1. The lowest BCUT2D eigenvalue weighted by Gasteiger charge is -2.30. The molecule has 0 saturated carbocycles. The predicted molar refractivity (Wildman–Crippen MR) is 139 cm³/mol. The summed E-state index contributed by atoms with van der Waals surface area (Å²) in [5, 5.41) is 13.0. The third-order valence-corrected chi connectivity index (χ3v) is 7.20.